The third-order valence-corrected chi connectivity index (χ3v) is 6.24. The molecule has 8 nitrogen and oxygen atoms in total. The van der Waals surface area contributed by atoms with Crippen LogP contribution in [-0.2, 0) is 4.79 Å². The fourth-order valence-electron chi connectivity index (χ4n) is 4.50. The van der Waals surface area contributed by atoms with Crippen LogP contribution < -0.4 is 5.32 Å². The number of nitrogens with zero attached hydrogens (tertiary/aromatic N) is 4. The molecular formula is C29H24FN7O. The Labute approximate surface area is 217 Å². The highest BCUT2D eigenvalue weighted by Crippen LogP contribution is 2.33. The van der Waals surface area contributed by atoms with Crippen LogP contribution in [0.1, 0.15) is 20.3 Å². The van der Waals surface area contributed by atoms with Gasteiger partial charge in [0.2, 0.25) is 5.91 Å². The van der Waals surface area contributed by atoms with Crippen molar-refractivity contribution in [3.05, 3.63) is 79.0 Å². The highest BCUT2D eigenvalue weighted by atomic mass is 19.1. The largest absolute Gasteiger partial charge is 0.353 e. The maximum atomic E-state index is 13.5. The number of fused-ring (bicyclic) bond motifs is 2. The fraction of sp³-hybridized carbons (Fsp3) is 0.138. The zero-order chi connectivity index (χ0) is 26.2. The molecule has 9 heteroatoms. The lowest BCUT2D eigenvalue weighted by molar-refractivity contribution is -0.116. The first kappa shape index (κ1) is 23.5. The van der Waals surface area contributed by atoms with Gasteiger partial charge in [0.25, 0.3) is 0 Å². The summed E-state index contributed by atoms with van der Waals surface area (Å²) in [4.78, 5) is 29.4. The van der Waals surface area contributed by atoms with Crippen LogP contribution in [0.15, 0.2) is 73.2 Å². The van der Waals surface area contributed by atoms with E-state index in [0.717, 1.165) is 38.9 Å². The molecule has 0 fully saturated rings. The molecule has 3 N–H and O–H groups in total. The SMILES string of the molecule is CC(C)CC(=O)Nc1cncc(-c2ccc3[nH]nc(-c4cc5c(-c6ccc(F)cc6)nccc5[nH]4)c3n2)c1. The molecule has 0 atom stereocenters. The summed E-state index contributed by atoms with van der Waals surface area (Å²) in [7, 11) is 0. The minimum Gasteiger partial charge on any atom is -0.353 e. The minimum absolute atomic E-state index is 0.0483. The number of nitrogens with one attached hydrogen (secondary N) is 3. The molecular weight excluding hydrogens is 481 g/mol. The fourth-order valence-corrected chi connectivity index (χ4v) is 4.50. The number of amides is 1. The van der Waals surface area contributed by atoms with Gasteiger partial charge in [-0.3, -0.25) is 19.9 Å². The Balaban J connectivity index is 1.38. The maximum Gasteiger partial charge on any atom is 0.224 e. The van der Waals surface area contributed by atoms with Crippen LogP contribution in [0.25, 0.3) is 55.8 Å². The number of rotatable bonds is 6. The van der Waals surface area contributed by atoms with Gasteiger partial charge in [-0.1, -0.05) is 13.8 Å². The van der Waals surface area contributed by atoms with Crippen molar-refractivity contribution >= 4 is 33.5 Å². The number of halogens is 1. The Hall–Kier alpha value is -4.92. The molecule has 0 unspecified atom stereocenters. The van der Waals surface area contributed by atoms with Gasteiger partial charge in [-0.15, -0.1) is 0 Å². The normalized spacial score (nSPS) is 11.5. The molecule has 188 valence electrons. The van der Waals surface area contributed by atoms with Crippen molar-refractivity contribution in [3.63, 3.8) is 0 Å². The number of benzene rings is 1. The molecule has 5 aromatic heterocycles. The Kier molecular flexibility index (Phi) is 5.88. The standard InChI is InChI=1S/C29H24FN7O/c1-16(2)11-26(38)33-20-12-18(14-31-15-20)22-7-8-24-28(35-22)29(37-36-24)25-13-21-23(34-25)9-10-32-27(21)17-3-5-19(30)6-4-17/h3-10,12-16,34H,11H2,1-2H3,(H,33,38)(H,36,37). The number of aromatic amines is 2. The summed E-state index contributed by atoms with van der Waals surface area (Å²) in [6, 6.07) is 15.8. The number of aromatic nitrogens is 6. The third kappa shape index (κ3) is 4.50. The van der Waals surface area contributed by atoms with Crippen molar-refractivity contribution < 1.29 is 9.18 Å². The lowest BCUT2D eigenvalue weighted by Crippen LogP contribution is -2.13. The quantitative estimate of drug-likeness (QED) is 0.244. The van der Waals surface area contributed by atoms with Gasteiger partial charge < -0.3 is 10.3 Å². The molecule has 38 heavy (non-hydrogen) atoms. The van der Waals surface area contributed by atoms with Gasteiger partial charge in [-0.2, -0.15) is 5.10 Å². The average molecular weight is 506 g/mol. The van der Waals surface area contributed by atoms with Crippen LogP contribution in [0.3, 0.4) is 0 Å². The molecule has 0 bridgehead atoms. The summed E-state index contributed by atoms with van der Waals surface area (Å²) in [5, 5.41) is 11.4. The van der Waals surface area contributed by atoms with Gasteiger partial charge in [0.05, 0.1) is 34.5 Å². The van der Waals surface area contributed by atoms with Gasteiger partial charge in [0.1, 0.15) is 17.0 Å². The van der Waals surface area contributed by atoms with Crippen LogP contribution in [0.5, 0.6) is 0 Å². The topological polar surface area (TPSA) is 112 Å². The maximum absolute atomic E-state index is 13.5. The van der Waals surface area contributed by atoms with Gasteiger partial charge in [0, 0.05) is 40.8 Å². The van der Waals surface area contributed by atoms with Crippen molar-refractivity contribution in [1.82, 2.24) is 30.1 Å². The van der Waals surface area contributed by atoms with E-state index in [9.17, 15) is 9.18 Å². The third-order valence-electron chi connectivity index (χ3n) is 6.24. The number of anilines is 1. The summed E-state index contributed by atoms with van der Waals surface area (Å²) >= 11 is 0. The first-order valence-electron chi connectivity index (χ1n) is 12.3. The highest BCUT2D eigenvalue weighted by molar-refractivity contribution is 5.99. The molecule has 0 aliphatic carbocycles. The van der Waals surface area contributed by atoms with E-state index in [2.05, 4.69) is 30.5 Å². The van der Waals surface area contributed by atoms with E-state index in [1.54, 1.807) is 30.7 Å². The Morgan fingerprint density at radius 3 is 2.63 bits per heavy atom. The number of hydrogen-bond donors (Lipinski definition) is 3. The second-order valence-electron chi connectivity index (χ2n) is 9.58. The first-order valence-corrected chi connectivity index (χ1v) is 12.3. The van der Waals surface area contributed by atoms with E-state index < -0.39 is 0 Å². The Morgan fingerprint density at radius 1 is 0.974 bits per heavy atom. The van der Waals surface area contributed by atoms with Crippen LogP contribution in [0.2, 0.25) is 0 Å². The predicted octanol–water partition coefficient (Wildman–Crippen LogP) is 6.35. The minimum atomic E-state index is -0.292. The summed E-state index contributed by atoms with van der Waals surface area (Å²) in [6.07, 6.45) is 5.51. The molecule has 6 aromatic rings. The van der Waals surface area contributed by atoms with Crippen LogP contribution in [0, 0.1) is 11.7 Å². The van der Waals surface area contributed by atoms with Gasteiger partial charge in [-0.05, 0) is 60.5 Å². The van der Waals surface area contributed by atoms with E-state index in [1.807, 2.05) is 44.2 Å². The van der Waals surface area contributed by atoms with Gasteiger partial charge >= 0.3 is 0 Å². The van der Waals surface area contributed by atoms with Gasteiger partial charge in [0.15, 0.2) is 0 Å². The van der Waals surface area contributed by atoms with E-state index in [1.165, 1.54) is 12.1 Å². The number of carbonyl (C=O) groups is 1. The second kappa shape index (κ2) is 9.51. The highest BCUT2D eigenvalue weighted by Gasteiger charge is 2.16. The molecule has 0 saturated heterocycles. The van der Waals surface area contributed by atoms with Crippen molar-refractivity contribution in [2.24, 2.45) is 5.92 Å². The number of pyridine rings is 3. The molecule has 0 aliphatic rings. The molecule has 0 radical (unpaired) electrons. The summed E-state index contributed by atoms with van der Waals surface area (Å²) in [5.74, 6) is -0.0751. The molecule has 5 heterocycles. The Morgan fingerprint density at radius 2 is 1.82 bits per heavy atom. The zero-order valence-corrected chi connectivity index (χ0v) is 20.8. The number of carbonyl (C=O) groups excluding carboxylic acids is 1. The molecule has 0 aliphatic heterocycles. The van der Waals surface area contributed by atoms with E-state index in [-0.39, 0.29) is 17.6 Å². The molecule has 0 spiro atoms. The molecule has 0 saturated carbocycles. The molecule has 1 aromatic carbocycles. The molecule has 1 amide bonds. The van der Waals surface area contributed by atoms with Crippen molar-refractivity contribution in [2.75, 3.05) is 5.32 Å². The van der Waals surface area contributed by atoms with Crippen molar-refractivity contribution in [1.29, 1.82) is 0 Å². The lowest BCUT2D eigenvalue weighted by atomic mass is 10.1. The van der Waals surface area contributed by atoms with Crippen LogP contribution in [-0.4, -0.2) is 36.0 Å². The summed E-state index contributed by atoms with van der Waals surface area (Å²) in [5.41, 5.74) is 7.49. The smallest absolute Gasteiger partial charge is 0.224 e. The van der Waals surface area contributed by atoms with Crippen molar-refractivity contribution in [3.8, 4) is 33.9 Å². The Bertz CT molecular complexity index is 1790. The number of hydrogen-bond acceptors (Lipinski definition) is 5. The predicted molar refractivity (Wildman–Crippen MR) is 146 cm³/mol. The van der Waals surface area contributed by atoms with E-state index in [0.29, 0.717) is 29.0 Å². The van der Waals surface area contributed by atoms with E-state index in [4.69, 9.17) is 4.98 Å². The summed E-state index contributed by atoms with van der Waals surface area (Å²) in [6.45, 7) is 4.01. The van der Waals surface area contributed by atoms with E-state index >= 15 is 0 Å². The summed E-state index contributed by atoms with van der Waals surface area (Å²) < 4.78 is 13.5. The molecule has 6 rings (SSSR count). The monoisotopic (exact) mass is 505 g/mol. The van der Waals surface area contributed by atoms with Crippen molar-refractivity contribution in [2.45, 2.75) is 20.3 Å². The second-order valence-corrected chi connectivity index (χ2v) is 9.58. The number of H-pyrrole nitrogens is 2. The van der Waals surface area contributed by atoms with Crippen LogP contribution in [0.4, 0.5) is 10.1 Å². The van der Waals surface area contributed by atoms with Gasteiger partial charge in [-0.25, -0.2) is 9.37 Å². The van der Waals surface area contributed by atoms with Crippen LogP contribution >= 0.6 is 0 Å². The average Bonchev–Trinajstić information content (AvgIpc) is 3.52. The zero-order valence-electron chi connectivity index (χ0n) is 20.8. The lowest BCUT2D eigenvalue weighted by Gasteiger charge is -2.08. The first-order chi connectivity index (χ1) is 18.4.